The maximum atomic E-state index is 11.4. The highest BCUT2D eigenvalue weighted by atomic mass is 35.5. The molecule has 0 aliphatic heterocycles. The number of phenolic OH excluding ortho intramolecular Hbond substituents is 2. The number of carbonyl (C=O) groups is 3. The first-order chi connectivity index (χ1) is 8.84. The maximum Gasteiger partial charge on any atom is 0.345 e. The standard InChI is InChI=1S/C11H9ClO7/c1-18-10(16)5-3-4(9(12)15)7(13)6(8(5)14)11(17)19-2/h3,13-14H,1-2H3. The quantitative estimate of drug-likeness (QED) is 0.632. The molecule has 0 bridgehead atoms. The summed E-state index contributed by atoms with van der Waals surface area (Å²) in [6, 6.07) is 0.818. The van der Waals surface area contributed by atoms with Crippen molar-refractivity contribution in [2.75, 3.05) is 14.2 Å². The number of hydrogen-bond donors (Lipinski definition) is 2. The van der Waals surface area contributed by atoms with Crippen molar-refractivity contribution in [3.8, 4) is 11.5 Å². The molecule has 0 heterocycles. The van der Waals surface area contributed by atoms with Crippen molar-refractivity contribution >= 4 is 28.8 Å². The largest absolute Gasteiger partial charge is 0.506 e. The van der Waals surface area contributed by atoms with Gasteiger partial charge in [-0.1, -0.05) is 0 Å². The van der Waals surface area contributed by atoms with Crippen LogP contribution in [0.4, 0.5) is 0 Å². The average Bonchev–Trinajstić information content (AvgIpc) is 2.37. The summed E-state index contributed by atoms with van der Waals surface area (Å²) in [7, 11) is 2.03. The molecule has 0 atom stereocenters. The third-order valence-corrected chi connectivity index (χ3v) is 2.48. The Labute approximate surface area is 112 Å². The van der Waals surface area contributed by atoms with Gasteiger partial charge in [-0.05, 0) is 17.7 Å². The lowest BCUT2D eigenvalue weighted by Crippen LogP contribution is -2.10. The number of carbonyl (C=O) groups excluding carboxylic acids is 3. The Hall–Kier alpha value is -2.28. The zero-order chi connectivity index (χ0) is 14.7. The Balaban J connectivity index is 3.70. The van der Waals surface area contributed by atoms with Gasteiger partial charge >= 0.3 is 11.9 Å². The van der Waals surface area contributed by atoms with Crippen LogP contribution in [0.25, 0.3) is 0 Å². The highest BCUT2D eigenvalue weighted by Crippen LogP contribution is 2.35. The van der Waals surface area contributed by atoms with Crippen molar-refractivity contribution in [1.29, 1.82) is 0 Å². The third-order valence-electron chi connectivity index (χ3n) is 2.28. The van der Waals surface area contributed by atoms with Crippen LogP contribution in [-0.4, -0.2) is 41.6 Å². The van der Waals surface area contributed by atoms with Gasteiger partial charge in [0, 0.05) is 0 Å². The minimum atomic E-state index is -1.14. The van der Waals surface area contributed by atoms with Gasteiger partial charge in [-0.2, -0.15) is 0 Å². The van der Waals surface area contributed by atoms with E-state index in [2.05, 4.69) is 9.47 Å². The van der Waals surface area contributed by atoms with Crippen molar-refractivity contribution in [2.45, 2.75) is 0 Å². The lowest BCUT2D eigenvalue weighted by atomic mass is 10.0. The van der Waals surface area contributed by atoms with E-state index in [1.165, 1.54) is 0 Å². The third kappa shape index (κ3) is 2.60. The predicted molar refractivity (Wildman–Crippen MR) is 62.6 cm³/mol. The molecule has 0 aromatic heterocycles. The van der Waals surface area contributed by atoms with E-state index >= 15 is 0 Å². The van der Waals surface area contributed by atoms with Crippen molar-refractivity contribution in [3.63, 3.8) is 0 Å². The number of rotatable bonds is 3. The summed E-state index contributed by atoms with van der Waals surface area (Å²) < 4.78 is 8.71. The molecule has 7 nitrogen and oxygen atoms in total. The molecule has 0 fully saturated rings. The second-order valence-corrected chi connectivity index (χ2v) is 3.64. The molecule has 0 spiro atoms. The van der Waals surface area contributed by atoms with Gasteiger partial charge in [0.15, 0.2) is 0 Å². The van der Waals surface area contributed by atoms with E-state index in [4.69, 9.17) is 11.6 Å². The van der Waals surface area contributed by atoms with Gasteiger partial charge < -0.3 is 19.7 Å². The molecule has 0 saturated heterocycles. The molecular formula is C11H9ClO7. The van der Waals surface area contributed by atoms with E-state index in [9.17, 15) is 24.6 Å². The second-order valence-electron chi connectivity index (χ2n) is 3.30. The Bertz CT molecular complexity index is 565. The second kappa shape index (κ2) is 5.57. The number of esters is 2. The van der Waals surface area contributed by atoms with Crippen LogP contribution in [0.3, 0.4) is 0 Å². The number of ether oxygens (including phenoxy) is 2. The summed E-state index contributed by atoms with van der Waals surface area (Å²) in [5.41, 5.74) is -1.76. The Morgan fingerprint density at radius 3 is 1.89 bits per heavy atom. The van der Waals surface area contributed by atoms with Crippen molar-refractivity contribution in [2.24, 2.45) is 0 Å². The summed E-state index contributed by atoms with van der Waals surface area (Å²) in [6.45, 7) is 0. The van der Waals surface area contributed by atoms with Crippen LogP contribution in [0.15, 0.2) is 6.07 Å². The lowest BCUT2D eigenvalue weighted by molar-refractivity contribution is 0.0590. The molecule has 0 saturated carbocycles. The first-order valence-corrected chi connectivity index (χ1v) is 5.18. The Morgan fingerprint density at radius 1 is 1.00 bits per heavy atom. The van der Waals surface area contributed by atoms with Gasteiger partial charge in [-0.15, -0.1) is 0 Å². The van der Waals surface area contributed by atoms with Gasteiger partial charge in [0.1, 0.15) is 22.6 Å². The summed E-state index contributed by atoms with van der Waals surface area (Å²) >= 11 is 5.22. The molecule has 0 aliphatic carbocycles. The van der Waals surface area contributed by atoms with E-state index in [0.717, 1.165) is 20.3 Å². The van der Waals surface area contributed by atoms with E-state index in [1.54, 1.807) is 0 Å². The first kappa shape index (κ1) is 14.8. The molecule has 0 radical (unpaired) electrons. The Morgan fingerprint density at radius 2 is 1.47 bits per heavy atom. The molecule has 0 aliphatic rings. The summed E-state index contributed by atoms with van der Waals surface area (Å²) in [5.74, 6) is -3.89. The summed E-state index contributed by atoms with van der Waals surface area (Å²) in [5, 5.41) is 18.3. The van der Waals surface area contributed by atoms with Crippen LogP contribution in [0.2, 0.25) is 0 Å². The molecule has 1 aromatic rings. The highest BCUT2D eigenvalue weighted by molar-refractivity contribution is 6.68. The van der Waals surface area contributed by atoms with Gasteiger partial charge in [-0.3, -0.25) is 4.79 Å². The fraction of sp³-hybridized carbons (Fsp3) is 0.182. The van der Waals surface area contributed by atoms with Crippen LogP contribution in [0.5, 0.6) is 11.5 Å². The number of benzene rings is 1. The highest BCUT2D eigenvalue weighted by Gasteiger charge is 2.28. The van der Waals surface area contributed by atoms with Crippen LogP contribution in [0, 0.1) is 0 Å². The number of methoxy groups -OCH3 is 2. The molecule has 8 heteroatoms. The van der Waals surface area contributed by atoms with Crippen molar-refractivity contribution in [1.82, 2.24) is 0 Å². The Kier molecular flexibility index (Phi) is 4.34. The molecule has 102 valence electrons. The zero-order valence-corrected chi connectivity index (χ0v) is 10.6. The van der Waals surface area contributed by atoms with Crippen LogP contribution < -0.4 is 0 Å². The molecule has 1 aromatic carbocycles. The smallest absolute Gasteiger partial charge is 0.345 e. The molecule has 2 N–H and O–H groups in total. The number of halogens is 1. The van der Waals surface area contributed by atoms with Crippen LogP contribution in [-0.2, 0) is 9.47 Å². The number of phenols is 2. The van der Waals surface area contributed by atoms with Gasteiger partial charge in [0.2, 0.25) is 0 Å². The topological polar surface area (TPSA) is 110 Å². The maximum absolute atomic E-state index is 11.4. The number of aromatic hydroxyl groups is 2. The van der Waals surface area contributed by atoms with E-state index in [0.29, 0.717) is 0 Å². The first-order valence-electron chi connectivity index (χ1n) is 4.80. The van der Waals surface area contributed by atoms with Gasteiger partial charge in [0.25, 0.3) is 5.24 Å². The fourth-order valence-corrected chi connectivity index (χ4v) is 1.52. The zero-order valence-electron chi connectivity index (χ0n) is 9.89. The monoisotopic (exact) mass is 288 g/mol. The van der Waals surface area contributed by atoms with E-state index < -0.39 is 45.4 Å². The molecule has 1 rings (SSSR count). The normalized spacial score (nSPS) is 9.84. The van der Waals surface area contributed by atoms with Crippen LogP contribution >= 0.6 is 11.6 Å². The average molecular weight is 289 g/mol. The fourth-order valence-electron chi connectivity index (χ4n) is 1.37. The van der Waals surface area contributed by atoms with Crippen molar-refractivity contribution in [3.05, 3.63) is 22.8 Å². The molecule has 19 heavy (non-hydrogen) atoms. The summed E-state index contributed by atoms with van der Waals surface area (Å²) in [4.78, 5) is 34.0. The van der Waals surface area contributed by atoms with Crippen LogP contribution in [0.1, 0.15) is 31.1 Å². The van der Waals surface area contributed by atoms with Crippen molar-refractivity contribution < 1.29 is 34.1 Å². The van der Waals surface area contributed by atoms with Gasteiger partial charge in [0.05, 0.1) is 19.8 Å². The summed E-state index contributed by atoms with van der Waals surface area (Å²) in [6.07, 6.45) is 0. The molecule has 0 unspecified atom stereocenters. The minimum Gasteiger partial charge on any atom is -0.506 e. The van der Waals surface area contributed by atoms with E-state index in [1.807, 2.05) is 0 Å². The number of hydrogen-bond acceptors (Lipinski definition) is 7. The van der Waals surface area contributed by atoms with E-state index in [-0.39, 0.29) is 0 Å². The SMILES string of the molecule is COC(=O)c1cc(C(=O)Cl)c(O)c(C(=O)OC)c1O. The molecule has 0 amide bonds. The van der Waals surface area contributed by atoms with Gasteiger partial charge in [-0.25, -0.2) is 9.59 Å². The minimum absolute atomic E-state index is 0.496. The lowest BCUT2D eigenvalue weighted by Gasteiger charge is -2.11. The predicted octanol–water partition coefficient (Wildman–Crippen LogP) is 1.05. The molecular weight excluding hydrogens is 280 g/mol.